The second-order valence-corrected chi connectivity index (χ2v) is 6.25. The molecule has 114 valence electrons. The van der Waals surface area contributed by atoms with E-state index in [0.29, 0.717) is 25.3 Å². The molecule has 1 atom stereocenters. The van der Waals surface area contributed by atoms with Crippen LogP contribution < -0.4 is 0 Å². The van der Waals surface area contributed by atoms with Crippen LogP contribution in [0.1, 0.15) is 25.3 Å². The SMILES string of the molecule is CO[SiH](OC)OC(C)CCCc1cc(F)c(F)cc1F. The number of hydrogen-bond donors (Lipinski definition) is 0. The van der Waals surface area contributed by atoms with Crippen LogP contribution in [0, 0.1) is 17.5 Å². The van der Waals surface area contributed by atoms with E-state index in [1.807, 2.05) is 6.92 Å². The topological polar surface area (TPSA) is 27.7 Å². The molecule has 1 rings (SSSR count). The molecule has 0 fully saturated rings. The molecule has 0 N–H and O–H groups in total. The van der Waals surface area contributed by atoms with Crippen LogP contribution in [0.3, 0.4) is 0 Å². The fourth-order valence-corrected chi connectivity index (χ4v) is 2.73. The first-order valence-electron chi connectivity index (χ1n) is 6.32. The molecule has 0 radical (unpaired) electrons. The van der Waals surface area contributed by atoms with Crippen molar-refractivity contribution in [2.24, 2.45) is 0 Å². The van der Waals surface area contributed by atoms with Crippen molar-refractivity contribution in [3.05, 3.63) is 35.1 Å². The number of benzene rings is 1. The van der Waals surface area contributed by atoms with Gasteiger partial charge in [0, 0.05) is 26.4 Å². The van der Waals surface area contributed by atoms with E-state index < -0.39 is 27.0 Å². The van der Waals surface area contributed by atoms with Crippen molar-refractivity contribution in [2.75, 3.05) is 14.2 Å². The molecular formula is C13H19F3O3Si. The summed E-state index contributed by atoms with van der Waals surface area (Å²) in [5, 5.41) is 0. The van der Waals surface area contributed by atoms with Gasteiger partial charge in [-0.25, -0.2) is 13.2 Å². The van der Waals surface area contributed by atoms with Crippen molar-refractivity contribution >= 4 is 9.53 Å². The van der Waals surface area contributed by atoms with Gasteiger partial charge in [0.1, 0.15) is 5.82 Å². The molecule has 3 nitrogen and oxygen atoms in total. The molecule has 0 bridgehead atoms. The number of halogens is 3. The summed E-state index contributed by atoms with van der Waals surface area (Å²) in [5.74, 6) is -2.92. The van der Waals surface area contributed by atoms with Gasteiger partial charge in [0.2, 0.25) is 0 Å². The monoisotopic (exact) mass is 308 g/mol. The maximum Gasteiger partial charge on any atom is 0.483 e. The molecule has 1 unspecified atom stereocenters. The molecular weight excluding hydrogens is 289 g/mol. The van der Waals surface area contributed by atoms with Gasteiger partial charge in [-0.15, -0.1) is 0 Å². The molecule has 0 aliphatic heterocycles. The average molecular weight is 308 g/mol. The van der Waals surface area contributed by atoms with Gasteiger partial charge in [-0.1, -0.05) is 0 Å². The van der Waals surface area contributed by atoms with E-state index in [0.717, 1.165) is 6.07 Å². The predicted molar refractivity (Wildman–Crippen MR) is 71.0 cm³/mol. The van der Waals surface area contributed by atoms with Crippen LogP contribution in [0.25, 0.3) is 0 Å². The maximum atomic E-state index is 13.4. The smallest absolute Gasteiger partial charge is 0.379 e. The number of aryl methyl sites for hydroxylation is 1. The zero-order valence-corrected chi connectivity index (χ0v) is 12.9. The molecule has 7 heteroatoms. The lowest BCUT2D eigenvalue weighted by atomic mass is 10.1. The molecule has 0 aliphatic rings. The highest BCUT2D eigenvalue weighted by molar-refractivity contribution is 6.36. The van der Waals surface area contributed by atoms with E-state index in [4.69, 9.17) is 13.3 Å². The summed E-state index contributed by atoms with van der Waals surface area (Å²) in [4.78, 5) is 0. The highest BCUT2D eigenvalue weighted by Gasteiger charge is 2.16. The highest BCUT2D eigenvalue weighted by atomic mass is 28.3. The Kier molecular flexibility index (Phi) is 7.21. The van der Waals surface area contributed by atoms with E-state index in [1.54, 1.807) is 0 Å². The Morgan fingerprint density at radius 1 is 1.05 bits per heavy atom. The van der Waals surface area contributed by atoms with Crippen LogP contribution in [0.15, 0.2) is 12.1 Å². The fourth-order valence-electron chi connectivity index (χ4n) is 1.80. The molecule has 0 saturated carbocycles. The minimum atomic E-state index is -2.07. The Hall–Kier alpha value is -0.893. The molecule has 0 aromatic heterocycles. The van der Waals surface area contributed by atoms with E-state index in [-0.39, 0.29) is 11.7 Å². The summed E-state index contributed by atoms with van der Waals surface area (Å²) in [6, 6.07) is 1.47. The minimum Gasteiger partial charge on any atom is -0.379 e. The first kappa shape index (κ1) is 17.2. The van der Waals surface area contributed by atoms with Gasteiger partial charge in [-0.05, 0) is 37.8 Å². The summed E-state index contributed by atoms with van der Waals surface area (Å²) in [7, 11) is 0.960. The first-order valence-corrected chi connectivity index (χ1v) is 7.73. The van der Waals surface area contributed by atoms with Crippen LogP contribution in [0.2, 0.25) is 0 Å². The molecule has 0 amide bonds. The van der Waals surface area contributed by atoms with Gasteiger partial charge in [-0.3, -0.25) is 0 Å². The predicted octanol–water partition coefficient (Wildman–Crippen LogP) is 2.84. The molecule has 0 aliphatic carbocycles. The van der Waals surface area contributed by atoms with Crippen molar-refractivity contribution in [3.63, 3.8) is 0 Å². The lowest BCUT2D eigenvalue weighted by molar-refractivity contribution is 0.0896. The normalized spacial score (nSPS) is 12.9. The zero-order chi connectivity index (χ0) is 15.1. The third-order valence-corrected chi connectivity index (χ3v) is 4.33. The van der Waals surface area contributed by atoms with Gasteiger partial charge in [0.25, 0.3) is 0 Å². The second kappa shape index (κ2) is 8.41. The summed E-state index contributed by atoms with van der Waals surface area (Å²) >= 11 is 0. The minimum absolute atomic E-state index is 0.0973. The Morgan fingerprint density at radius 3 is 2.25 bits per heavy atom. The summed E-state index contributed by atoms with van der Waals surface area (Å²) in [6.45, 7) is 1.86. The summed E-state index contributed by atoms with van der Waals surface area (Å²) < 4.78 is 54.8. The Labute approximate surface area is 118 Å². The van der Waals surface area contributed by atoms with Gasteiger partial charge in [0.05, 0.1) is 0 Å². The largest absolute Gasteiger partial charge is 0.483 e. The van der Waals surface area contributed by atoms with Gasteiger partial charge in [0.15, 0.2) is 11.6 Å². The molecule has 0 heterocycles. The lowest BCUT2D eigenvalue weighted by Crippen LogP contribution is -2.28. The Bertz CT molecular complexity index is 428. The van der Waals surface area contributed by atoms with E-state index in [1.165, 1.54) is 14.2 Å². The van der Waals surface area contributed by atoms with Gasteiger partial charge < -0.3 is 13.3 Å². The van der Waals surface area contributed by atoms with Crippen LogP contribution in [0.4, 0.5) is 13.2 Å². The highest BCUT2D eigenvalue weighted by Crippen LogP contribution is 2.17. The van der Waals surface area contributed by atoms with E-state index in [2.05, 4.69) is 0 Å². The Morgan fingerprint density at radius 2 is 1.65 bits per heavy atom. The van der Waals surface area contributed by atoms with E-state index >= 15 is 0 Å². The van der Waals surface area contributed by atoms with Gasteiger partial charge in [-0.2, -0.15) is 0 Å². The van der Waals surface area contributed by atoms with Crippen LogP contribution in [-0.4, -0.2) is 29.9 Å². The average Bonchev–Trinajstić information content (AvgIpc) is 2.41. The fraction of sp³-hybridized carbons (Fsp3) is 0.538. The standard InChI is InChI=1S/C13H19F3O3Si/c1-9(19-20(17-2)18-3)5-4-6-10-7-12(15)13(16)8-11(10)14/h7-9,20H,4-6H2,1-3H3. The number of rotatable bonds is 8. The number of hydrogen-bond acceptors (Lipinski definition) is 3. The molecule has 1 aromatic carbocycles. The van der Waals surface area contributed by atoms with Crippen LogP contribution in [0.5, 0.6) is 0 Å². The zero-order valence-electron chi connectivity index (χ0n) is 11.8. The second-order valence-electron chi connectivity index (χ2n) is 4.46. The van der Waals surface area contributed by atoms with Crippen LogP contribution in [-0.2, 0) is 19.7 Å². The quantitative estimate of drug-likeness (QED) is 0.546. The van der Waals surface area contributed by atoms with E-state index in [9.17, 15) is 13.2 Å². The van der Waals surface area contributed by atoms with Crippen LogP contribution >= 0.6 is 0 Å². The van der Waals surface area contributed by atoms with Crippen molar-refractivity contribution in [1.82, 2.24) is 0 Å². The van der Waals surface area contributed by atoms with Crippen molar-refractivity contribution in [1.29, 1.82) is 0 Å². The van der Waals surface area contributed by atoms with Gasteiger partial charge >= 0.3 is 9.53 Å². The maximum absolute atomic E-state index is 13.4. The molecule has 0 spiro atoms. The molecule has 0 saturated heterocycles. The van der Waals surface area contributed by atoms with Crippen molar-refractivity contribution < 1.29 is 26.4 Å². The van der Waals surface area contributed by atoms with Crippen molar-refractivity contribution in [3.8, 4) is 0 Å². The molecule has 20 heavy (non-hydrogen) atoms. The summed E-state index contributed by atoms with van der Waals surface area (Å²) in [6.07, 6.45) is 1.47. The lowest BCUT2D eigenvalue weighted by Gasteiger charge is -2.17. The summed E-state index contributed by atoms with van der Waals surface area (Å²) in [5.41, 5.74) is 0.170. The Balaban J connectivity index is 2.42. The third-order valence-electron chi connectivity index (χ3n) is 2.87. The third kappa shape index (κ3) is 5.24. The molecule has 1 aromatic rings. The first-order chi connectivity index (χ1) is 9.47. The van der Waals surface area contributed by atoms with Crippen molar-refractivity contribution in [2.45, 2.75) is 32.3 Å².